The molecule has 14 heavy (non-hydrogen) atoms. The van der Waals surface area contributed by atoms with Crippen molar-refractivity contribution in [3.8, 4) is 6.07 Å². The van der Waals surface area contributed by atoms with E-state index in [1.54, 1.807) is 6.07 Å². The van der Waals surface area contributed by atoms with Gasteiger partial charge in [-0.15, -0.1) is 0 Å². The van der Waals surface area contributed by atoms with Crippen molar-refractivity contribution >= 4 is 5.69 Å². The molecule has 1 aromatic rings. The Bertz CT molecular complexity index is 350. The first-order valence-corrected chi connectivity index (χ1v) is 4.96. The molecule has 0 amide bonds. The van der Waals surface area contributed by atoms with Gasteiger partial charge in [-0.05, 0) is 24.0 Å². The van der Waals surface area contributed by atoms with E-state index in [1.165, 1.54) is 0 Å². The van der Waals surface area contributed by atoms with Crippen molar-refractivity contribution < 1.29 is 0 Å². The number of nitrogens with two attached hydrogens (primary N) is 1. The van der Waals surface area contributed by atoms with Crippen LogP contribution in [-0.4, -0.2) is 0 Å². The smallest absolute Gasteiger partial charge is 0.101 e. The molecule has 0 bridgehead atoms. The molecule has 2 heteroatoms. The highest BCUT2D eigenvalue weighted by molar-refractivity contribution is 5.59. The van der Waals surface area contributed by atoms with Crippen LogP contribution in [0.25, 0.3) is 0 Å². The number of anilines is 1. The van der Waals surface area contributed by atoms with Gasteiger partial charge in [-0.25, -0.2) is 0 Å². The van der Waals surface area contributed by atoms with E-state index in [4.69, 9.17) is 11.0 Å². The van der Waals surface area contributed by atoms with E-state index in [0.29, 0.717) is 17.2 Å². The second-order valence-electron chi connectivity index (χ2n) is 3.71. The minimum atomic E-state index is 0.589. The van der Waals surface area contributed by atoms with Crippen molar-refractivity contribution in [3.63, 3.8) is 0 Å². The van der Waals surface area contributed by atoms with Gasteiger partial charge in [0.1, 0.15) is 6.07 Å². The highest BCUT2D eigenvalue weighted by atomic mass is 14.6. The molecular formula is C12H16N2. The molecule has 0 saturated heterocycles. The lowest BCUT2D eigenvalue weighted by Gasteiger charge is -2.11. The second kappa shape index (κ2) is 4.66. The van der Waals surface area contributed by atoms with Crippen molar-refractivity contribution in [3.05, 3.63) is 29.3 Å². The van der Waals surface area contributed by atoms with E-state index >= 15 is 0 Å². The van der Waals surface area contributed by atoms with Crippen molar-refractivity contribution in [2.45, 2.75) is 26.7 Å². The van der Waals surface area contributed by atoms with Gasteiger partial charge < -0.3 is 5.73 Å². The largest absolute Gasteiger partial charge is 0.397 e. The standard InChI is InChI=1S/C12H16N2/c1-3-9(2)7-10-5-4-6-11(8-13)12(10)14/h4-6,9H,3,7,14H2,1-2H3. The minimum Gasteiger partial charge on any atom is -0.397 e. The van der Waals surface area contributed by atoms with E-state index in [-0.39, 0.29) is 0 Å². The van der Waals surface area contributed by atoms with Gasteiger partial charge in [-0.1, -0.05) is 32.4 Å². The van der Waals surface area contributed by atoms with Crippen molar-refractivity contribution in [1.29, 1.82) is 5.26 Å². The van der Waals surface area contributed by atoms with Gasteiger partial charge in [-0.3, -0.25) is 0 Å². The maximum absolute atomic E-state index is 8.80. The third-order valence-electron chi connectivity index (χ3n) is 2.58. The molecule has 2 N–H and O–H groups in total. The Morgan fingerprint density at radius 3 is 2.79 bits per heavy atom. The van der Waals surface area contributed by atoms with Gasteiger partial charge in [0.25, 0.3) is 0 Å². The summed E-state index contributed by atoms with van der Waals surface area (Å²) in [6.45, 7) is 4.35. The third-order valence-corrected chi connectivity index (χ3v) is 2.58. The van der Waals surface area contributed by atoms with Gasteiger partial charge in [0.2, 0.25) is 0 Å². The molecule has 1 atom stereocenters. The molecule has 0 saturated carbocycles. The summed E-state index contributed by atoms with van der Waals surface area (Å²) in [4.78, 5) is 0. The Kier molecular flexibility index (Phi) is 3.53. The fourth-order valence-electron chi connectivity index (χ4n) is 1.41. The molecule has 0 aromatic heterocycles. The normalized spacial score (nSPS) is 12.1. The van der Waals surface area contributed by atoms with Crippen LogP contribution in [0.2, 0.25) is 0 Å². The van der Waals surface area contributed by atoms with Crippen LogP contribution in [0.5, 0.6) is 0 Å². The molecule has 74 valence electrons. The summed E-state index contributed by atoms with van der Waals surface area (Å²) in [5.74, 6) is 0.617. The van der Waals surface area contributed by atoms with Gasteiger partial charge in [0.15, 0.2) is 0 Å². The average Bonchev–Trinajstić information content (AvgIpc) is 2.21. The quantitative estimate of drug-likeness (QED) is 0.741. The average molecular weight is 188 g/mol. The number of nitriles is 1. The zero-order valence-corrected chi connectivity index (χ0v) is 8.75. The van der Waals surface area contributed by atoms with Gasteiger partial charge in [0, 0.05) is 0 Å². The molecule has 1 rings (SSSR count). The lowest BCUT2D eigenvalue weighted by molar-refractivity contribution is 0.561. The second-order valence-corrected chi connectivity index (χ2v) is 3.71. The highest BCUT2D eigenvalue weighted by Gasteiger charge is 2.07. The van der Waals surface area contributed by atoms with Crippen LogP contribution in [-0.2, 0) is 6.42 Å². The van der Waals surface area contributed by atoms with Crippen LogP contribution in [0.15, 0.2) is 18.2 Å². The third kappa shape index (κ3) is 2.26. The molecule has 0 aliphatic carbocycles. The van der Waals surface area contributed by atoms with Crippen LogP contribution in [0.4, 0.5) is 5.69 Å². The Balaban J connectivity index is 2.94. The van der Waals surface area contributed by atoms with Crippen LogP contribution in [0.1, 0.15) is 31.4 Å². The molecular weight excluding hydrogens is 172 g/mol. The molecule has 1 unspecified atom stereocenters. The Labute approximate surface area is 85.4 Å². The predicted octanol–water partition coefficient (Wildman–Crippen LogP) is 2.73. The summed E-state index contributed by atoms with van der Waals surface area (Å²) in [6, 6.07) is 7.76. The van der Waals surface area contributed by atoms with Crippen molar-refractivity contribution in [1.82, 2.24) is 0 Å². The molecule has 0 heterocycles. The predicted molar refractivity (Wildman–Crippen MR) is 58.7 cm³/mol. The number of hydrogen-bond acceptors (Lipinski definition) is 2. The molecule has 0 spiro atoms. The van der Waals surface area contributed by atoms with E-state index in [0.717, 1.165) is 18.4 Å². The van der Waals surface area contributed by atoms with Crippen LogP contribution < -0.4 is 5.73 Å². The van der Waals surface area contributed by atoms with Gasteiger partial charge in [0.05, 0.1) is 11.3 Å². The number of benzene rings is 1. The summed E-state index contributed by atoms with van der Waals surface area (Å²) in [5.41, 5.74) is 8.21. The highest BCUT2D eigenvalue weighted by Crippen LogP contribution is 2.20. The van der Waals surface area contributed by atoms with E-state index in [1.807, 2.05) is 12.1 Å². The summed E-state index contributed by atoms with van der Waals surface area (Å²) >= 11 is 0. The first kappa shape index (κ1) is 10.6. The first-order valence-electron chi connectivity index (χ1n) is 4.96. The first-order chi connectivity index (χ1) is 6.69. The van der Waals surface area contributed by atoms with Gasteiger partial charge in [-0.2, -0.15) is 5.26 Å². The molecule has 1 aromatic carbocycles. The molecule has 0 fully saturated rings. The Hall–Kier alpha value is -1.49. The Morgan fingerprint density at radius 1 is 1.50 bits per heavy atom. The molecule has 0 aliphatic rings. The number of nitrogen functional groups attached to an aromatic ring is 1. The SMILES string of the molecule is CCC(C)Cc1cccc(C#N)c1N. The van der Waals surface area contributed by atoms with Crippen LogP contribution in [0.3, 0.4) is 0 Å². The molecule has 0 aliphatic heterocycles. The summed E-state index contributed by atoms with van der Waals surface area (Å²) in [5, 5.41) is 8.80. The topological polar surface area (TPSA) is 49.8 Å². The number of nitrogens with zero attached hydrogens (tertiary/aromatic N) is 1. The number of hydrogen-bond donors (Lipinski definition) is 1. The summed E-state index contributed by atoms with van der Waals surface area (Å²) in [6.07, 6.45) is 2.09. The lowest BCUT2D eigenvalue weighted by atomic mass is 9.96. The van der Waals surface area contributed by atoms with Crippen molar-refractivity contribution in [2.75, 3.05) is 5.73 Å². The van der Waals surface area contributed by atoms with Crippen molar-refractivity contribution in [2.24, 2.45) is 5.92 Å². The van der Waals surface area contributed by atoms with E-state index < -0.39 is 0 Å². The number of para-hydroxylation sites is 1. The van der Waals surface area contributed by atoms with E-state index in [9.17, 15) is 0 Å². The summed E-state index contributed by atoms with van der Waals surface area (Å²) in [7, 11) is 0. The maximum Gasteiger partial charge on any atom is 0.101 e. The Morgan fingerprint density at radius 2 is 2.21 bits per heavy atom. The maximum atomic E-state index is 8.80. The number of rotatable bonds is 3. The monoisotopic (exact) mass is 188 g/mol. The molecule has 0 radical (unpaired) electrons. The fourth-order valence-corrected chi connectivity index (χ4v) is 1.41. The lowest BCUT2D eigenvalue weighted by Crippen LogP contribution is -2.03. The fraction of sp³-hybridized carbons (Fsp3) is 0.417. The zero-order valence-electron chi connectivity index (χ0n) is 8.75. The molecule has 2 nitrogen and oxygen atoms in total. The van der Waals surface area contributed by atoms with Gasteiger partial charge >= 0.3 is 0 Å². The zero-order chi connectivity index (χ0) is 10.6. The van der Waals surface area contributed by atoms with E-state index in [2.05, 4.69) is 19.9 Å². The van der Waals surface area contributed by atoms with Crippen LogP contribution >= 0.6 is 0 Å². The minimum absolute atomic E-state index is 0.589. The van der Waals surface area contributed by atoms with Crippen LogP contribution in [0, 0.1) is 17.2 Å². The summed E-state index contributed by atoms with van der Waals surface area (Å²) < 4.78 is 0.